The van der Waals surface area contributed by atoms with Gasteiger partial charge in [0.25, 0.3) is 0 Å². The fourth-order valence-electron chi connectivity index (χ4n) is 1.80. The van der Waals surface area contributed by atoms with Crippen molar-refractivity contribution in [2.75, 3.05) is 11.9 Å². The number of amides is 2. The van der Waals surface area contributed by atoms with Gasteiger partial charge in [0, 0.05) is 5.02 Å². The van der Waals surface area contributed by atoms with Crippen molar-refractivity contribution in [3.8, 4) is 5.75 Å². The van der Waals surface area contributed by atoms with Crippen molar-refractivity contribution in [1.29, 1.82) is 0 Å². The van der Waals surface area contributed by atoms with Crippen LogP contribution in [0.1, 0.15) is 12.5 Å². The molecular weight excluding hydrogens is 330 g/mol. The number of hydrogen-bond donors (Lipinski definition) is 2. The van der Waals surface area contributed by atoms with Crippen LogP contribution >= 0.6 is 11.6 Å². The summed E-state index contributed by atoms with van der Waals surface area (Å²) in [6.07, 6.45) is 1.41. The molecule has 2 aromatic rings. The Morgan fingerprint density at radius 2 is 1.83 bits per heavy atom. The second-order valence-electron chi connectivity index (χ2n) is 4.63. The number of para-hydroxylation sites is 2. The quantitative estimate of drug-likeness (QED) is 0.497. The summed E-state index contributed by atoms with van der Waals surface area (Å²) in [7, 11) is 0. The molecule has 0 aliphatic carbocycles. The Kier molecular flexibility index (Phi) is 6.33. The molecule has 0 bridgehead atoms. The molecule has 0 aliphatic heterocycles. The molecule has 0 fully saturated rings. The van der Waals surface area contributed by atoms with Crippen molar-refractivity contribution in [2.24, 2.45) is 5.10 Å². The highest BCUT2D eigenvalue weighted by atomic mass is 35.5. The van der Waals surface area contributed by atoms with Gasteiger partial charge in [-0.15, -0.1) is 0 Å². The molecule has 0 spiro atoms. The lowest BCUT2D eigenvalue weighted by atomic mass is 10.2. The van der Waals surface area contributed by atoms with Crippen molar-refractivity contribution in [3.63, 3.8) is 0 Å². The molecule has 0 heterocycles. The zero-order chi connectivity index (χ0) is 17.4. The number of halogens is 1. The number of hydrazone groups is 1. The first kappa shape index (κ1) is 17.5. The molecule has 0 radical (unpaired) electrons. The van der Waals surface area contributed by atoms with Crippen molar-refractivity contribution < 1.29 is 14.3 Å². The van der Waals surface area contributed by atoms with Crippen molar-refractivity contribution in [2.45, 2.75) is 6.92 Å². The van der Waals surface area contributed by atoms with Crippen LogP contribution in [-0.2, 0) is 9.59 Å². The summed E-state index contributed by atoms with van der Waals surface area (Å²) in [5.41, 5.74) is 3.32. The Balaban J connectivity index is 1.93. The average Bonchev–Trinajstić information content (AvgIpc) is 2.58. The predicted octanol–water partition coefficient (Wildman–Crippen LogP) is 2.83. The molecule has 0 saturated heterocycles. The highest BCUT2D eigenvalue weighted by Gasteiger charge is 2.14. The smallest absolute Gasteiger partial charge is 0.329 e. The second-order valence-corrected chi connectivity index (χ2v) is 5.07. The number of anilines is 1. The number of benzene rings is 2. The Bertz CT molecular complexity index is 745. The van der Waals surface area contributed by atoms with Crippen LogP contribution in [0.15, 0.2) is 53.6 Å². The number of hydrogen-bond acceptors (Lipinski definition) is 4. The van der Waals surface area contributed by atoms with Gasteiger partial charge in [-0.3, -0.25) is 9.59 Å². The monoisotopic (exact) mass is 345 g/mol. The van der Waals surface area contributed by atoms with Gasteiger partial charge in [-0.05, 0) is 36.8 Å². The summed E-state index contributed by atoms with van der Waals surface area (Å²) in [4.78, 5) is 23.6. The molecule has 0 aliphatic rings. The normalized spacial score (nSPS) is 10.4. The minimum atomic E-state index is -0.883. The molecule has 2 rings (SSSR count). The summed E-state index contributed by atoms with van der Waals surface area (Å²) in [5, 5.41) is 6.82. The SMILES string of the molecule is CCOc1ccccc1NC(=O)C(=O)NN=Cc1ccc(Cl)cc1. The first-order valence-corrected chi connectivity index (χ1v) is 7.59. The summed E-state index contributed by atoms with van der Waals surface area (Å²) in [6.45, 7) is 2.28. The standard InChI is InChI=1S/C17H16ClN3O3/c1-2-24-15-6-4-3-5-14(15)20-16(22)17(23)21-19-11-12-7-9-13(18)10-8-12/h3-11H,2H2,1H3,(H,20,22)(H,21,23). The lowest BCUT2D eigenvalue weighted by molar-refractivity contribution is -0.136. The molecule has 2 N–H and O–H groups in total. The predicted molar refractivity (Wildman–Crippen MR) is 93.4 cm³/mol. The van der Waals surface area contributed by atoms with Gasteiger partial charge in [0.2, 0.25) is 0 Å². The molecule has 24 heavy (non-hydrogen) atoms. The van der Waals surface area contributed by atoms with Crippen LogP contribution in [0.2, 0.25) is 5.02 Å². The molecule has 0 atom stereocenters. The van der Waals surface area contributed by atoms with Crippen molar-refractivity contribution >= 4 is 35.3 Å². The number of ether oxygens (including phenoxy) is 1. The summed E-state index contributed by atoms with van der Waals surface area (Å²) in [6, 6.07) is 13.7. The highest BCUT2D eigenvalue weighted by Crippen LogP contribution is 2.23. The molecule has 2 aromatic carbocycles. The third kappa shape index (κ3) is 5.10. The van der Waals surface area contributed by atoms with Gasteiger partial charge >= 0.3 is 11.8 Å². The van der Waals surface area contributed by atoms with E-state index < -0.39 is 11.8 Å². The summed E-state index contributed by atoms with van der Waals surface area (Å²) < 4.78 is 5.38. The van der Waals surface area contributed by atoms with E-state index in [0.29, 0.717) is 23.1 Å². The molecule has 7 heteroatoms. The van der Waals surface area contributed by atoms with E-state index in [2.05, 4.69) is 15.8 Å². The van der Waals surface area contributed by atoms with Gasteiger partial charge in [-0.25, -0.2) is 5.43 Å². The zero-order valence-electron chi connectivity index (χ0n) is 13.0. The Hall–Kier alpha value is -2.86. The van der Waals surface area contributed by atoms with Crippen LogP contribution in [0.25, 0.3) is 0 Å². The number of carbonyl (C=O) groups is 2. The summed E-state index contributed by atoms with van der Waals surface area (Å²) in [5.74, 6) is -1.23. The minimum Gasteiger partial charge on any atom is -0.492 e. The molecule has 0 unspecified atom stereocenters. The Morgan fingerprint density at radius 3 is 2.54 bits per heavy atom. The van der Waals surface area contributed by atoms with E-state index in [0.717, 1.165) is 5.56 Å². The van der Waals surface area contributed by atoms with Crippen LogP contribution in [0, 0.1) is 0 Å². The van der Waals surface area contributed by atoms with Gasteiger partial charge in [0.1, 0.15) is 5.75 Å². The van der Waals surface area contributed by atoms with Crippen LogP contribution < -0.4 is 15.5 Å². The van der Waals surface area contributed by atoms with Crippen LogP contribution in [0.4, 0.5) is 5.69 Å². The molecule has 2 amide bonds. The topological polar surface area (TPSA) is 79.8 Å². The lowest BCUT2D eigenvalue weighted by Gasteiger charge is -2.10. The fourth-order valence-corrected chi connectivity index (χ4v) is 1.92. The fraction of sp³-hybridized carbons (Fsp3) is 0.118. The maximum atomic E-state index is 11.9. The minimum absolute atomic E-state index is 0.418. The summed E-state index contributed by atoms with van der Waals surface area (Å²) >= 11 is 5.77. The van der Waals surface area contributed by atoms with Gasteiger partial charge < -0.3 is 10.1 Å². The van der Waals surface area contributed by atoms with E-state index in [1.165, 1.54) is 6.21 Å². The number of nitrogens with one attached hydrogen (secondary N) is 2. The number of nitrogens with zero attached hydrogens (tertiary/aromatic N) is 1. The molecular formula is C17H16ClN3O3. The van der Waals surface area contributed by atoms with Crippen molar-refractivity contribution in [3.05, 3.63) is 59.1 Å². The van der Waals surface area contributed by atoms with Crippen LogP contribution in [0.5, 0.6) is 5.75 Å². The largest absolute Gasteiger partial charge is 0.492 e. The third-order valence-electron chi connectivity index (χ3n) is 2.89. The van der Waals surface area contributed by atoms with Gasteiger partial charge in [-0.2, -0.15) is 5.10 Å². The lowest BCUT2D eigenvalue weighted by Crippen LogP contribution is -2.32. The highest BCUT2D eigenvalue weighted by molar-refractivity contribution is 6.39. The van der Waals surface area contributed by atoms with E-state index in [4.69, 9.17) is 16.3 Å². The number of carbonyl (C=O) groups excluding carboxylic acids is 2. The van der Waals surface area contributed by atoms with Gasteiger partial charge in [0.15, 0.2) is 0 Å². The molecule has 6 nitrogen and oxygen atoms in total. The average molecular weight is 346 g/mol. The first-order valence-electron chi connectivity index (χ1n) is 7.22. The maximum Gasteiger partial charge on any atom is 0.329 e. The molecule has 0 aromatic heterocycles. The Morgan fingerprint density at radius 1 is 1.12 bits per heavy atom. The van der Waals surface area contributed by atoms with E-state index in [1.54, 1.807) is 48.5 Å². The van der Waals surface area contributed by atoms with E-state index in [-0.39, 0.29) is 0 Å². The van der Waals surface area contributed by atoms with Gasteiger partial charge in [-0.1, -0.05) is 35.9 Å². The second kappa shape index (κ2) is 8.69. The van der Waals surface area contributed by atoms with E-state index >= 15 is 0 Å². The zero-order valence-corrected chi connectivity index (χ0v) is 13.7. The van der Waals surface area contributed by atoms with Crippen molar-refractivity contribution in [1.82, 2.24) is 5.43 Å². The number of rotatable bonds is 5. The van der Waals surface area contributed by atoms with Crippen LogP contribution in [-0.4, -0.2) is 24.6 Å². The van der Waals surface area contributed by atoms with E-state index in [1.807, 2.05) is 6.92 Å². The maximum absolute atomic E-state index is 11.9. The third-order valence-corrected chi connectivity index (χ3v) is 3.14. The van der Waals surface area contributed by atoms with Gasteiger partial charge in [0.05, 0.1) is 18.5 Å². The molecule has 0 saturated carbocycles. The van der Waals surface area contributed by atoms with Crippen LogP contribution in [0.3, 0.4) is 0 Å². The Labute approximate surface area is 144 Å². The molecule has 124 valence electrons. The van der Waals surface area contributed by atoms with E-state index in [9.17, 15) is 9.59 Å². The first-order chi connectivity index (χ1) is 11.6.